The molecule has 0 spiro atoms. The van der Waals surface area contributed by atoms with Gasteiger partial charge in [-0.25, -0.2) is 9.78 Å². The number of oxazole rings is 1. The van der Waals surface area contributed by atoms with Crippen molar-refractivity contribution in [2.24, 2.45) is 5.92 Å². The monoisotopic (exact) mass is 540 g/mol. The smallest absolute Gasteiger partial charge is 0.328 e. The van der Waals surface area contributed by atoms with Gasteiger partial charge in [0.05, 0.1) is 48.2 Å². The molecule has 0 aliphatic carbocycles. The second-order valence-corrected chi connectivity index (χ2v) is 11.1. The minimum absolute atomic E-state index is 0.00175. The van der Waals surface area contributed by atoms with Crippen molar-refractivity contribution in [2.75, 3.05) is 40.0 Å². The van der Waals surface area contributed by atoms with Gasteiger partial charge in [0.25, 0.3) is 0 Å². The molecule has 3 unspecified atom stereocenters. The molecule has 6 rings (SSSR count). The van der Waals surface area contributed by atoms with Crippen LogP contribution in [0.3, 0.4) is 0 Å². The molecule has 3 saturated heterocycles. The van der Waals surface area contributed by atoms with Crippen LogP contribution in [0, 0.1) is 5.92 Å². The quantitative estimate of drug-likeness (QED) is 0.540. The summed E-state index contributed by atoms with van der Waals surface area (Å²) in [6.07, 6.45) is 4.24. The standard InChI is InChI=1S/C27H32N4O6S/c1-16-22-25(32)31(17-13-28-14-17)27(33)30(26(22)38-23(16)24-29-9-12-36-24)15-21(37-18-7-10-35-11-8-18)19-5-3-4-6-20(19)34-2/h3-6,9,12,17-18,21-22,26,28H,7-8,10-11,13-15H2,1-2H3. The number of amides is 3. The highest BCUT2D eigenvalue weighted by Gasteiger charge is 2.55. The highest BCUT2D eigenvalue weighted by Crippen LogP contribution is 2.51. The lowest BCUT2D eigenvalue weighted by Crippen LogP contribution is -2.69. The van der Waals surface area contributed by atoms with Crippen LogP contribution >= 0.6 is 11.8 Å². The average molecular weight is 541 g/mol. The molecule has 1 aromatic carbocycles. The van der Waals surface area contributed by atoms with E-state index in [-0.39, 0.29) is 30.6 Å². The van der Waals surface area contributed by atoms with Crippen molar-refractivity contribution in [3.8, 4) is 5.75 Å². The van der Waals surface area contributed by atoms with Gasteiger partial charge in [-0.05, 0) is 31.4 Å². The Kier molecular flexibility index (Phi) is 7.17. The van der Waals surface area contributed by atoms with E-state index in [9.17, 15) is 9.59 Å². The Hall–Kier alpha value is -2.86. The fourth-order valence-corrected chi connectivity index (χ4v) is 7.09. The minimum atomic E-state index is -0.485. The van der Waals surface area contributed by atoms with E-state index < -0.39 is 17.4 Å². The van der Waals surface area contributed by atoms with Crippen molar-refractivity contribution in [3.05, 3.63) is 53.8 Å². The van der Waals surface area contributed by atoms with Gasteiger partial charge in [0.1, 0.15) is 18.1 Å². The number of rotatable bonds is 8. The zero-order valence-electron chi connectivity index (χ0n) is 21.5. The van der Waals surface area contributed by atoms with Crippen molar-refractivity contribution in [2.45, 2.75) is 43.4 Å². The number of methoxy groups -OCH3 is 1. The Morgan fingerprint density at radius 1 is 1.21 bits per heavy atom. The number of urea groups is 1. The van der Waals surface area contributed by atoms with Gasteiger partial charge in [-0.1, -0.05) is 30.0 Å². The molecular formula is C27H32N4O6S. The molecular weight excluding hydrogens is 508 g/mol. The molecule has 2 aromatic rings. The Balaban J connectivity index is 1.36. The fraction of sp³-hybridized carbons (Fsp3) is 0.519. The number of nitrogens with zero attached hydrogens (tertiary/aromatic N) is 3. The molecule has 202 valence electrons. The number of para-hydroxylation sites is 1. The third kappa shape index (κ3) is 4.51. The molecule has 38 heavy (non-hydrogen) atoms. The molecule has 4 aliphatic heterocycles. The molecule has 11 heteroatoms. The summed E-state index contributed by atoms with van der Waals surface area (Å²) in [5.41, 5.74) is 1.75. The van der Waals surface area contributed by atoms with Crippen LogP contribution in [-0.2, 0) is 14.3 Å². The van der Waals surface area contributed by atoms with Crippen LogP contribution in [0.4, 0.5) is 4.79 Å². The first-order chi connectivity index (χ1) is 18.6. The van der Waals surface area contributed by atoms with Gasteiger partial charge in [0, 0.05) is 31.9 Å². The van der Waals surface area contributed by atoms with Gasteiger partial charge in [-0.15, -0.1) is 0 Å². The molecule has 10 nitrogen and oxygen atoms in total. The Morgan fingerprint density at radius 2 is 2.00 bits per heavy atom. The predicted molar refractivity (Wildman–Crippen MR) is 140 cm³/mol. The van der Waals surface area contributed by atoms with Gasteiger partial charge in [-0.2, -0.15) is 0 Å². The summed E-state index contributed by atoms with van der Waals surface area (Å²) < 4.78 is 23.5. The zero-order chi connectivity index (χ0) is 26.2. The van der Waals surface area contributed by atoms with Crippen LogP contribution in [-0.4, -0.2) is 84.2 Å². The Morgan fingerprint density at radius 3 is 2.68 bits per heavy atom. The summed E-state index contributed by atoms with van der Waals surface area (Å²) in [6, 6.07) is 7.31. The number of fused-ring (bicyclic) bond motifs is 1. The summed E-state index contributed by atoms with van der Waals surface area (Å²) >= 11 is 1.47. The molecule has 1 N–H and O–H groups in total. The third-order valence-electron chi connectivity index (χ3n) is 7.74. The fourth-order valence-electron chi connectivity index (χ4n) is 5.58. The predicted octanol–water partition coefficient (Wildman–Crippen LogP) is 3.28. The third-order valence-corrected chi connectivity index (χ3v) is 9.24. The first kappa shape index (κ1) is 25.4. The number of hydrogen-bond acceptors (Lipinski definition) is 9. The largest absolute Gasteiger partial charge is 0.496 e. The average Bonchev–Trinajstić information content (AvgIpc) is 3.56. The molecule has 0 bridgehead atoms. The summed E-state index contributed by atoms with van der Waals surface area (Å²) in [5.74, 6) is 0.532. The van der Waals surface area contributed by atoms with Gasteiger partial charge < -0.3 is 28.8 Å². The number of ether oxygens (including phenoxy) is 3. The van der Waals surface area contributed by atoms with Crippen molar-refractivity contribution in [1.29, 1.82) is 0 Å². The molecule has 5 heterocycles. The topological polar surface area (TPSA) is 106 Å². The van der Waals surface area contributed by atoms with E-state index in [1.54, 1.807) is 13.3 Å². The molecule has 3 amide bonds. The highest BCUT2D eigenvalue weighted by molar-refractivity contribution is 8.09. The number of benzene rings is 1. The minimum Gasteiger partial charge on any atom is -0.496 e. The lowest BCUT2D eigenvalue weighted by atomic mass is 9.93. The maximum absolute atomic E-state index is 14.1. The van der Waals surface area contributed by atoms with E-state index in [0.29, 0.717) is 37.9 Å². The first-order valence-corrected chi connectivity index (χ1v) is 13.9. The molecule has 3 atom stereocenters. The Labute approximate surface area is 225 Å². The number of imide groups is 1. The molecule has 1 aromatic heterocycles. The highest BCUT2D eigenvalue weighted by atomic mass is 32.2. The van der Waals surface area contributed by atoms with E-state index in [1.807, 2.05) is 36.1 Å². The lowest BCUT2D eigenvalue weighted by molar-refractivity contribution is -0.139. The zero-order valence-corrected chi connectivity index (χ0v) is 22.3. The van der Waals surface area contributed by atoms with Crippen LogP contribution < -0.4 is 10.1 Å². The SMILES string of the molecule is COc1ccccc1C(CN1C(=O)N(C2CNC2)C(=O)C2C(C)=C(c3ncco3)SC21)OC1CCOCC1. The van der Waals surface area contributed by atoms with Crippen LogP contribution in [0.2, 0.25) is 0 Å². The number of thioether (sulfide) groups is 1. The maximum Gasteiger partial charge on any atom is 0.328 e. The van der Waals surface area contributed by atoms with Crippen molar-refractivity contribution < 1.29 is 28.2 Å². The molecule has 4 aliphatic rings. The van der Waals surface area contributed by atoms with E-state index in [2.05, 4.69) is 10.3 Å². The molecule has 3 fully saturated rings. The first-order valence-electron chi connectivity index (χ1n) is 13.0. The van der Waals surface area contributed by atoms with Crippen molar-refractivity contribution in [1.82, 2.24) is 20.1 Å². The number of carbonyl (C=O) groups is 2. The van der Waals surface area contributed by atoms with Gasteiger partial charge in [0.2, 0.25) is 11.8 Å². The van der Waals surface area contributed by atoms with Crippen LogP contribution in [0.5, 0.6) is 5.75 Å². The van der Waals surface area contributed by atoms with E-state index in [0.717, 1.165) is 28.9 Å². The Bertz CT molecular complexity index is 1210. The molecule has 0 saturated carbocycles. The number of aromatic nitrogens is 1. The van der Waals surface area contributed by atoms with Crippen LogP contribution in [0.1, 0.15) is 37.3 Å². The second-order valence-electron chi connectivity index (χ2n) is 9.97. The molecule has 0 radical (unpaired) electrons. The number of nitrogens with one attached hydrogen (secondary N) is 1. The van der Waals surface area contributed by atoms with E-state index in [4.69, 9.17) is 18.6 Å². The van der Waals surface area contributed by atoms with Gasteiger partial charge >= 0.3 is 6.03 Å². The second kappa shape index (κ2) is 10.7. The summed E-state index contributed by atoms with van der Waals surface area (Å²) in [7, 11) is 1.64. The van der Waals surface area contributed by atoms with Gasteiger partial charge in [-0.3, -0.25) is 9.69 Å². The number of hydrogen-bond donors (Lipinski definition) is 1. The van der Waals surface area contributed by atoms with E-state index >= 15 is 0 Å². The summed E-state index contributed by atoms with van der Waals surface area (Å²) in [6.45, 7) is 4.70. The normalized spacial score (nSPS) is 25.5. The summed E-state index contributed by atoms with van der Waals surface area (Å²) in [5, 5.41) is 2.77. The van der Waals surface area contributed by atoms with Crippen molar-refractivity contribution >= 4 is 28.6 Å². The van der Waals surface area contributed by atoms with E-state index in [1.165, 1.54) is 22.9 Å². The van der Waals surface area contributed by atoms with Crippen LogP contribution in [0.15, 0.2) is 46.7 Å². The lowest BCUT2D eigenvalue weighted by Gasteiger charge is -2.48. The summed E-state index contributed by atoms with van der Waals surface area (Å²) in [4.78, 5) is 36.2. The van der Waals surface area contributed by atoms with Crippen molar-refractivity contribution in [3.63, 3.8) is 0 Å². The van der Waals surface area contributed by atoms with Gasteiger partial charge in [0.15, 0.2) is 0 Å². The number of carbonyl (C=O) groups excluding carboxylic acids is 2. The van der Waals surface area contributed by atoms with Crippen LogP contribution in [0.25, 0.3) is 4.91 Å². The maximum atomic E-state index is 14.1.